The van der Waals surface area contributed by atoms with Crippen molar-refractivity contribution in [3.63, 3.8) is 0 Å². The summed E-state index contributed by atoms with van der Waals surface area (Å²) in [6.45, 7) is 0. The van der Waals surface area contributed by atoms with E-state index in [0.717, 1.165) is 10.8 Å². The number of aromatic nitrogens is 2. The molecule has 0 spiro atoms. The molecule has 0 bridgehead atoms. The molecular formula is C15H17N7. The third kappa shape index (κ3) is 3.40. The Morgan fingerprint density at radius 2 is 1.64 bits per heavy atom. The molecule has 7 nitrogen and oxygen atoms in total. The molecule has 0 aliphatic rings. The molecule has 0 unspecified atom stereocenters. The molecule has 112 valence electrons. The van der Waals surface area contributed by atoms with Gasteiger partial charge in [0.15, 0.2) is 0 Å². The maximum atomic E-state index is 7.00. The van der Waals surface area contributed by atoms with Crippen LogP contribution in [0.3, 0.4) is 0 Å². The maximum Gasteiger partial charge on any atom is 0.147 e. The Hall–Kier alpha value is -3.35. The molecule has 0 saturated carbocycles. The van der Waals surface area contributed by atoms with Gasteiger partial charge in [0.1, 0.15) is 17.5 Å². The van der Waals surface area contributed by atoms with E-state index in [1.807, 2.05) is 24.3 Å². The predicted molar refractivity (Wildman–Crippen MR) is 90.2 cm³/mol. The van der Waals surface area contributed by atoms with Gasteiger partial charge in [-0.1, -0.05) is 24.3 Å². The van der Waals surface area contributed by atoms with Gasteiger partial charge in [-0.25, -0.2) is 9.97 Å². The van der Waals surface area contributed by atoms with E-state index in [1.165, 1.54) is 6.20 Å². The van der Waals surface area contributed by atoms with Crippen molar-refractivity contribution < 1.29 is 0 Å². The number of amidine groups is 1. The van der Waals surface area contributed by atoms with Gasteiger partial charge >= 0.3 is 0 Å². The lowest BCUT2D eigenvalue weighted by atomic mass is 10.1. The average molecular weight is 295 g/mol. The summed E-state index contributed by atoms with van der Waals surface area (Å²) in [5.41, 5.74) is 22.9. The zero-order chi connectivity index (χ0) is 16.1. The fraction of sp³-hybridized carbons (Fsp3) is 0. The van der Waals surface area contributed by atoms with Crippen LogP contribution in [0.15, 0.2) is 48.8 Å². The summed E-state index contributed by atoms with van der Waals surface area (Å²) < 4.78 is 0. The van der Waals surface area contributed by atoms with Crippen LogP contribution in [-0.4, -0.2) is 15.8 Å². The van der Waals surface area contributed by atoms with Crippen LogP contribution in [0.2, 0.25) is 0 Å². The Kier molecular flexibility index (Phi) is 4.38. The second-order valence-corrected chi connectivity index (χ2v) is 4.53. The van der Waals surface area contributed by atoms with Gasteiger partial charge in [-0.2, -0.15) is 0 Å². The van der Waals surface area contributed by atoms with Gasteiger partial charge in [-0.05, 0) is 12.1 Å². The first-order chi connectivity index (χ1) is 10.5. The number of rotatable bonds is 1. The molecule has 0 aliphatic carbocycles. The average Bonchev–Trinajstić information content (AvgIpc) is 2.52. The second kappa shape index (κ2) is 6.40. The summed E-state index contributed by atoms with van der Waals surface area (Å²) in [6.07, 6.45) is 3.19. The largest absolute Gasteiger partial charge is 0.395 e. The van der Waals surface area contributed by atoms with Crippen LogP contribution >= 0.6 is 0 Å². The fourth-order valence-corrected chi connectivity index (χ4v) is 1.77. The van der Waals surface area contributed by atoms with Crippen molar-refractivity contribution in [1.82, 2.24) is 9.97 Å². The van der Waals surface area contributed by atoms with Crippen LogP contribution in [0, 0.1) is 5.41 Å². The molecule has 3 rings (SSSR count). The highest BCUT2D eigenvalue weighted by molar-refractivity contribution is 5.96. The SMILES string of the molecule is N=C(N)c1ccc(N)nc1.Nc1ncc2ccccc2c1N. The minimum absolute atomic E-state index is 0.00694. The number of nitrogens with two attached hydrogens (primary N) is 4. The highest BCUT2D eigenvalue weighted by atomic mass is 14.9. The van der Waals surface area contributed by atoms with Gasteiger partial charge in [-0.3, -0.25) is 5.41 Å². The van der Waals surface area contributed by atoms with E-state index in [0.29, 0.717) is 22.9 Å². The summed E-state index contributed by atoms with van der Waals surface area (Å²) in [5, 5.41) is 8.98. The first-order valence-corrected chi connectivity index (χ1v) is 6.43. The molecule has 9 N–H and O–H groups in total. The number of nitrogens with one attached hydrogen (secondary N) is 1. The highest BCUT2D eigenvalue weighted by Crippen LogP contribution is 2.23. The van der Waals surface area contributed by atoms with Crippen LogP contribution in [0.25, 0.3) is 10.8 Å². The summed E-state index contributed by atoms with van der Waals surface area (Å²) in [6, 6.07) is 11.0. The standard InChI is InChI=1S/C9H9N3.C6H8N4/c10-8-7-4-2-1-3-6(7)5-12-9(8)11;7-5-2-1-4(3-10-5)6(8)9/h1-5H,10H2,(H2,11,12);1-3H,(H2,7,10)(H3,8,9). The molecule has 0 atom stereocenters. The first kappa shape index (κ1) is 15.0. The van der Waals surface area contributed by atoms with Crippen LogP contribution < -0.4 is 22.9 Å². The minimum Gasteiger partial charge on any atom is -0.395 e. The Morgan fingerprint density at radius 1 is 0.909 bits per heavy atom. The number of nitrogens with zero attached hydrogens (tertiary/aromatic N) is 2. The topological polar surface area (TPSA) is 154 Å². The maximum absolute atomic E-state index is 7.00. The second-order valence-electron chi connectivity index (χ2n) is 4.53. The van der Waals surface area contributed by atoms with E-state index < -0.39 is 0 Å². The molecule has 2 aromatic heterocycles. The van der Waals surface area contributed by atoms with E-state index in [2.05, 4.69) is 9.97 Å². The summed E-state index contributed by atoms with van der Waals surface area (Å²) in [5.74, 6) is 0.839. The number of hydrogen-bond donors (Lipinski definition) is 5. The summed E-state index contributed by atoms with van der Waals surface area (Å²) in [4.78, 5) is 7.72. The molecule has 22 heavy (non-hydrogen) atoms. The summed E-state index contributed by atoms with van der Waals surface area (Å²) in [7, 11) is 0. The lowest BCUT2D eigenvalue weighted by Gasteiger charge is -2.02. The molecule has 2 heterocycles. The van der Waals surface area contributed by atoms with Gasteiger partial charge in [0.25, 0.3) is 0 Å². The smallest absolute Gasteiger partial charge is 0.147 e. The quantitative estimate of drug-likeness (QED) is 0.337. The Bertz CT molecular complexity index is 797. The van der Waals surface area contributed by atoms with Crippen molar-refractivity contribution in [2.24, 2.45) is 5.73 Å². The lowest BCUT2D eigenvalue weighted by molar-refractivity contribution is 1.30. The van der Waals surface area contributed by atoms with Crippen molar-refractivity contribution in [2.75, 3.05) is 17.2 Å². The van der Waals surface area contributed by atoms with Crippen LogP contribution in [0.1, 0.15) is 5.56 Å². The predicted octanol–water partition coefficient (Wildman–Crippen LogP) is 1.35. The molecule has 0 radical (unpaired) electrons. The zero-order valence-corrected chi connectivity index (χ0v) is 11.8. The first-order valence-electron chi connectivity index (χ1n) is 6.43. The molecule has 0 amide bonds. The van der Waals surface area contributed by atoms with Crippen molar-refractivity contribution in [2.45, 2.75) is 0 Å². The molecule has 0 aliphatic heterocycles. The van der Waals surface area contributed by atoms with Gasteiger partial charge < -0.3 is 22.9 Å². The highest BCUT2D eigenvalue weighted by Gasteiger charge is 2.00. The van der Waals surface area contributed by atoms with Gasteiger partial charge in [0.05, 0.1) is 5.69 Å². The summed E-state index contributed by atoms with van der Waals surface area (Å²) >= 11 is 0. The third-order valence-corrected chi connectivity index (χ3v) is 2.97. The number of nitrogen functional groups attached to an aromatic ring is 4. The van der Waals surface area contributed by atoms with Crippen LogP contribution in [0.4, 0.5) is 17.3 Å². The minimum atomic E-state index is 0.00694. The van der Waals surface area contributed by atoms with E-state index in [9.17, 15) is 0 Å². The number of anilines is 3. The van der Waals surface area contributed by atoms with Crippen molar-refractivity contribution in [3.8, 4) is 0 Å². The Labute approximate surface area is 127 Å². The molecule has 0 fully saturated rings. The van der Waals surface area contributed by atoms with Crippen molar-refractivity contribution in [1.29, 1.82) is 5.41 Å². The number of hydrogen-bond acceptors (Lipinski definition) is 6. The third-order valence-electron chi connectivity index (χ3n) is 2.97. The molecule has 1 aromatic carbocycles. The monoisotopic (exact) mass is 295 g/mol. The normalized spacial score (nSPS) is 9.82. The van der Waals surface area contributed by atoms with Crippen LogP contribution in [0.5, 0.6) is 0 Å². The molecular weight excluding hydrogens is 278 g/mol. The fourth-order valence-electron chi connectivity index (χ4n) is 1.77. The number of pyridine rings is 2. The van der Waals surface area contributed by atoms with E-state index in [4.69, 9.17) is 28.3 Å². The lowest BCUT2D eigenvalue weighted by Crippen LogP contribution is -2.11. The van der Waals surface area contributed by atoms with Crippen molar-refractivity contribution in [3.05, 3.63) is 54.4 Å². The van der Waals surface area contributed by atoms with Crippen LogP contribution in [-0.2, 0) is 0 Å². The number of benzene rings is 1. The number of fused-ring (bicyclic) bond motifs is 1. The molecule has 7 heteroatoms. The molecule has 0 saturated heterocycles. The van der Waals surface area contributed by atoms with Gasteiger partial charge in [-0.15, -0.1) is 0 Å². The Balaban J connectivity index is 0.000000164. The Morgan fingerprint density at radius 3 is 2.27 bits per heavy atom. The molecule has 3 aromatic rings. The van der Waals surface area contributed by atoms with E-state index in [-0.39, 0.29) is 5.84 Å². The van der Waals surface area contributed by atoms with Gasteiger partial charge in [0.2, 0.25) is 0 Å². The van der Waals surface area contributed by atoms with E-state index in [1.54, 1.807) is 18.3 Å². The zero-order valence-electron chi connectivity index (χ0n) is 11.8. The van der Waals surface area contributed by atoms with E-state index >= 15 is 0 Å². The van der Waals surface area contributed by atoms with Crippen molar-refractivity contribution >= 4 is 33.9 Å². The van der Waals surface area contributed by atoms with Gasteiger partial charge in [0, 0.05) is 28.7 Å².